The standard InChI is InChI=1S/C17H21ClN2O2/c1-16(2,3)22-15(21)20-11-17(4,8-5-9-19)13-10-12(18)6-7-14(13)20/h6-7,10H,5,8,11H2,1-4H3. The van der Waals surface area contributed by atoms with Gasteiger partial charge in [-0.2, -0.15) is 5.26 Å². The van der Waals surface area contributed by atoms with Crippen LogP contribution in [0.3, 0.4) is 0 Å². The Kier molecular flexibility index (Phi) is 4.39. The number of hydrogen-bond acceptors (Lipinski definition) is 3. The molecule has 0 saturated heterocycles. The number of halogens is 1. The van der Waals surface area contributed by atoms with Gasteiger partial charge in [0.25, 0.3) is 0 Å². The highest BCUT2D eigenvalue weighted by molar-refractivity contribution is 6.30. The second-order valence-electron chi connectivity index (χ2n) is 6.95. The molecule has 0 spiro atoms. The van der Waals surface area contributed by atoms with E-state index >= 15 is 0 Å². The maximum absolute atomic E-state index is 12.5. The van der Waals surface area contributed by atoms with Crippen LogP contribution in [-0.2, 0) is 10.2 Å². The average molecular weight is 321 g/mol. The Morgan fingerprint density at radius 2 is 2.18 bits per heavy atom. The number of carbonyl (C=O) groups is 1. The van der Waals surface area contributed by atoms with Crippen molar-refractivity contribution in [1.29, 1.82) is 5.26 Å². The maximum Gasteiger partial charge on any atom is 0.414 e. The van der Waals surface area contributed by atoms with Crippen molar-refractivity contribution in [1.82, 2.24) is 0 Å². The zero-order valence-electron chi connectivity index (χ0n) is 13.4. The van der Waals surface area contributed by atoms with Gasteiger partial charge >= 0.3 is 6.09 Å². The van der Waals surface area contributed by atoms with E-state index in [-0.39, 0.29) is 11.5 Å². The van der Waals surface area contributed by atoms with Crippen LogP contribution in [0.15, 0.2) is 18.2 Å². The fraction of sp³-hybridized carbons (Fsp3) is 0.529. The van der Waals surface area contributed by atoms with Crippen LogP contribution in [0.1, 0.15) is 46.1 Å². The first-order chi connectivity index (χ1) is 10.2. The first-order valence-electron chi connectivity index (χ1n) is 7.34. The lowest BCUT2D eigenvalue weighted by Crippen LogP contribution is -2.39. The van der Waals surface area contributed by atoms with Crippen LogP contribution in [0.2, 0.25) is 5.02 Å². The number of nitriles is 1. The van der Waals surface area contributed by atoms with Crippen LogP contribution < -0.4 is 4.90 Å². The molecule has 0 aromatic heterocycles. The Labute approximate surface area is 136 Å². The van der Waals surface area contributed by atoms with Crippen molar-refractivity contribution < 1.29 is 9.53 Å². The van der Waals surface area contributed by atoms with Crippen LogP contribution in [0, 0.1) is 11.3 Å². The molecule has 1 atom stereocenters. The molecule has 1 amide bonds. The topological polar surface area (TPSA) is 53.3 Å². The third-order valence-corrected chi connectivity index (χ3v) is 4.04. The Morgan fingerprint density at radius 3 is 2.77 bits per heavy atom. The summed E-state index contributed by atoms with van der Waals surface area (Å²) in [4.78, 5) is 14.1. The first-order valence-corrected chi connectivity index (χ1v) is 7.72. The fourth-order valence-corrected chi connectivity index (χ4v) is 2.94. The summed E-state index contributed by atoms with van der Waals surface area (Å²) in [7, 11) is 0. The minimum atomic E-state index is -0.546. The molecule has 1 aliphatic heterocycles. The molecule has 1 heterocycles. The van der Waals surface area contributed by atoms with E-state index in [1.165, 1.54) is 0 Å². The molecule has 1 aromatic carbocycles. The highest BCUT2D eigenvalue weighted by Gasteiger charge is 2.42. The Morgan fingerprint density at radius 1 is 1.50 bits per heavy atom. The molecule has 2 rings (SSSR count). The number of carbonyl (C=O) groups excluding carboxylic acids is 1. The quantitative estimate of drug-likeness (QED) is 0.796. The number of fused-ring (bicyclic) bond motifs is 1. The Balaban J connectivity index is 2.37. The number of ether oxygens (including phenoxy) is 1. The molecule has 0 bridgehead atoms. The van der Waals surface area contributed by atoms with Crippen LogP contribution in [0.25, 0.3) is 0 Å². The van der Waals surface area contributed by atoms with Gasteiger partial charge in [-0.05, 0) is 51.0 Å². The molecule has 0 fully saturated rings. The van der Waals surface area contributed by atoms with Crippen molar-refractivity contribution >= 4 is 23.4 Å². The summed E-state index contributed by atoms with van der Waals surface area (Å²) >= 11 is 6.12. The maximum atomic E-state index is 12.5. The monoisotopic (exact) mass is 320 g/mol. The summed E-state index contributed by atoms with van der Waals surface area (Å²) < 4.78 is 5.50. The van der Waals surface area contributed by atoms with Gasteiger partial charge in [0.05, 0.1) is 11.8 Å². The van der Waals surface area contributed by atoms with E-state index in [9.17, 15) is 4.79 Å². The van der Waals surface area contributed by atoms with Gasteiger partial charge in [-0.1, -0.05) is 18.5 Å². The molecule has 0 aliphatic carbocycles. The van der Waals surface area contributed by atoms with Crippen LogP contribution in [0.5, 0.6) is 0 Å². The molecular formula is C17H21ClN2O2. The predicted octanol–water partition coefficient (Wildman–Crippen LogP) is 4.66. The molecule has 5 heteroatoms. The van der Waals surface area contributed by atoms with Crippen LogP contribution >= 0.6 is 11.6 Å². The summed E-state index contributed by atoms with van der Waals surface area (Å²) in [6, 6.07) is 7.69. The smallest absolute Gasteiger partial charge is 0.414 e. The average Bonchev–Trinajstić information content (AvgIpc) is 2.69. The molecule has 1 unspecified atom stereocenters. The van der Waals surface area contributed by atoms with E-state index in [0.717, 1.165) is 11.3 Å². The van der Waals surface area contributed by atoms with Gasteiger partial charge in [0.1, 0.15) is 5.60 Å². The summed E-state index contributed by atoms with van der Waals surface area (Å²) in [5, 5.41) is 9.52. The van der Waals surface area contributed by atoms with E-state index in [2.05, 4.69) is 13.0 Å². The van der Waals surface area contributed by atoms with Gasteiger partial charge in [-0.15, -0.1) is 0 Å². The molecule has 0 N–H and O–H groups in total. The van der Waals surface area contributed by atoms with Gasteiger partial charge in [-0.25, -0.2) is 4.79 Å². The third-order valence-electron chi connectivity index (χ3n) is 3.81. The van der Waals surface area contributed by atoms with Gasteiger partial charge in [0, 0.05) is 23.4 Å². The second-order valence-corrected chi connectivity index (χ2v) is 7.38. The van der Waals surface area contributed by atoms with Gasteiger partial charge in [0.15, 0.2) is 0 Å². The van der Waals surface area contributed by atoms with Crippen LogP contribution in [0.4, 0.5) is 10.5 Å². The number of amides is 1. The van der Waals surface area contributed by atoms with Crippen molar-refractivity contribution in [3.8, 4) is 6.07 Å². The molecule has 4 nitrogen and oxygen atoms in total. The summed E-state index contributed by atoms with van der Waals surface area (Å²) in [5.41, 5.74) is 0.988. The highest BCUT2D eigenvalue weighted by atomic mass is 35.5. The van der Waals surface area contributed by atoms with E-state index in [0.29, 0.717) is 24.4 Å². The molecular weight excluding hydrogens is 300 g/mol. The third kappa shape index (κ3) is 3.36. The first kappa shape index (κ1) is 16.6. The van der Waals surface area contributed by atoms with Crippen molar-refractivity contribution in [3.05, 3.63) is 28.8 Å². The van der Waals surface area contributed by atoms with E-state index in [4.69, 9.17) is 21.6 Å². The molecule has 118 valence electrons. The lowest BCUT2D eigenvalue weighted by atomic mass is 9.80. The largest absolute Gasteiger partial charge is 0.443 e. The molecule has 22 heavy (non-hydrogen) atoms. The molecule has 0 saturated carbocycles. The Hall–Kier alpha value is -1.73. The molecule has 0 radical (unpaired) electrons. The Bertz CT molecular complexity index is 631. The SMILES string of the molecule is CC(C)(C)OC(=O)N1CC(C)(CCC#N)c2cc(Cl)ccc21. The van der Waals surface area contributed by atoms with Crippen molar-refractivity contribution in [2.24, 2.45) is 0 Å². The minimum absolute atomic E-state index is 0.285. The number of benzene rings is 1. The lowest BCUT2D eigenvalue weighted by molar-refractivity contribution is 0.0578. The lowest BCUT2D eigenvalue weighted by Gasteiger charge is -2.27. The van der Waals surface area contributed by atoms with Gasteiger partial charge in [0.2, 0.25) is 0 Å². The second kappa shape index (κ2) is 5.81. The number of rotatable bonds is 2. The zero-order valence-corrected chi connectivity index (χ0v) is 14.2. The summed E-state index contributed by atoms with van der Waals surface area (Å²) in [5.74, 6) is 0. The number of hydrogen-bond donors (Lipinski definition) is 0. The fourth-order valence-electron chi connectivity index (χ4n) is 2.77. The van der Waals surface area contributed by atoms with Crippen molar-refractivity contribution in [2.45, 2.75) is 51.6 Å². The van der Waals surface area contributed by atoms with Gasteiger partial charge < -0.3 is 4.74 Å². The van der Waals surface area contributed by atoms with E-state index < -0.39 is 5.60 Å². The predicted molar refractivity (Wildman–Crippen MR) is 87.2 cm³/mol. The van der Waals surface area contributed by atoms with E-state index in [1.54, 1.807) is 11.0 Å². The van der Waals surface area contributed by atoms with E-state index in [1.807, 2.05) is 32.9 Å². The minimum Gasteiger partial charge on any atom is -0.443 e. The van der Waals surface area contributed by atoms with Crippen molar-refractivity contribution in [3.63, 3.8) is 0 Å². The number of nitrogens with zero attached hydrogens (tertiary/aromatic N) is 2. The van der Waals surface area contributed by atoms with Gasteiger partial charge in [-0.3, -0.25) is 4.90 Å². The highest BCUT2D eigenvalue weighted by Crippen LogP contribution is 2.45. The molecule has 1 aromatic rings. The summed E-state index contributed by atoms with van der Waals surface area (Å²) in [6.07, 6.45) is 0.748. The number of anilines is 1. The normalized spacial score (nSPS) is 20.5. The van der Waals surface area contributed by atoms with Crippen LogP contribution in [-0.4, -0.2) is 18.2 Å². The molecule has 1 aliphatic rings. The summed E-state index contributed by atoms with van der Waals surface area (Å²) in [6.45, 7) is 8.10. The van der Waals surface area contributed by atoms with Crippen molar-refractivity contribution in [2.75, 3.05) is 11.4 Å². The zero-order chi connectivity index (χ0) is 16.5.